The molecule has 0 aliphatic carbocycles. The number of benzene rings is 2. The van der Waals surface area contributed by atoms with E-state index >= 15 is 0 Å². The molecule has 2 aromatic carbocycles. The molecule has 1 saturated heterocycles. The van der Waals surface area contributed by atoms with E-state index in [9.17, 15) is 9.59 Å². The molecule has 0 saturated carbocycles. The minimum Gasteiger partial charge on any atom is -0.324 e. The van der Waals surface area contributed by atoms with Gasteiger partial charge in [-0.2, -0.15) is 0 Å². The van der Waals surface area contributed by atoms with Gasteiger partial charge in [0.1, 0.15) is 6.04 Å². The lowest BCUT2D eigenvalue weighted by Crippen LogP contribution is -2.51. The molecule has 2 aromatic rings. The lowest BCUT2D eigenvalue weighted by molar-refractivity contribution is -0.121. The fourth-order valence-corrected chi connectivity index (χ4v) is 3.96. The SMILES string of the molecule is Cc1cc(C)cc(NC(=O)[C@@H]2CCCCN2C(=O)Nc2cc(C)cc(C)c2)c1. The van der Waals surface area contributed by atoms with Gasteiger partial charge in [0.15, 0.2) is 0 Å². The van der Waals surface area contributed by atoms with Crippen LogP contribution < -0.4 is 10.6 Å². The van der Waals surface area contributed by atoms with Crippen molar-refractivity contribution in [3.8, 4) is 0 Å². The van der Waals surface area contributed by atoms with Gasteiger partial charge < -0.3 is 15.5 Å². The maximum absolute atomic E-state index is 12.9. The van der Waals surface area contributed by atoms with Crippen molar-refractivity contribution in [1.29, 1.82) is 0 Å². The summed E-state index contributed by atoms with van der Waals surface area (Å²) in [6.45, 7) is 8.61. The number of likely N-dealkylation sites (tertiary alicyclic amines) is 1. The van der Waals surface area contributed by atoms with Gasteiger partial charge in [-0.15, -0.1) is 0 Å². The standard InChI is InChI=1S/C23H29N3O2/c1-15-9-16(2)12-19(11-15)24-22(27)21-7-5-6-8-26(21)23(28)25-20-13-17(3)10-18(4)14-20/h9-14,21H,5-8H2,1-4H3,(H,24,27)(H,25,28)/t21-/m0/s1. The first-order valence-corrected chi connectivity index (χ1v) is 9.87. The van der Waals surface area contributed by atoms with Gasteiger partial charge in [-0.3, -0.25) is 4.79 Å². The topological polar surface area (TPSA) is 61.4 Å². The predicted molar refractivity (Wildman–Crippen MR) is 114 cm³/mol. The summed E-state index contributed by atoms with van der Waals surface area (Å²) in [5.74, 6) is -0.125. The van der Waals surface area contributed by atoms with Crippen LogP contribution in [-0.4, -0.2) is 29.4 Å². The van der Waals surface area contributed by atoms with Crippen LogP contribution in [-0.2, 0) is 4.79 Å². The highest BCUT2D eigenvalue weighted by Crippen LogP contribution is 2.22. The maximum atomic E-state index is 12.9. The second-order valence-corrected chi connectivity index (χ2v) is 7.88. The number of piperidine rings is 1. The molecule has 0 spiro atoms. The molecule has 0 unspecified atom stereocenters. The van der Waals surface area contributed by atoms with Gasteiger partial charge in [-0.25, -0.2) is 4.79 Å². The molecule has 0 radical (unpaired) electrons. The summed E-state index contributed by atoms with van der Waals surface area (Å²) in [6.07, 6.45) is 2.53. The smallest absolute Gasteiger partial charge is 0.322 e. The van der Waals surface area contributed by atoms with Crippen molar-refractivity contribution in [3.05, 3.63) is 58.7 Å². The first-order valence-electron chi connectivity index (χ1n) is 9.87. The van der Waals surface area contributed by atoms with Gasteiger partial charge >= 0.3 is 6.03 Å². The van der Waals surface area contributed by atoms with Crippen LogP contribution in [0.2, 0.25) is 0 Å². The monoisotopic (exact) mass is 379 g/mol. The molecule has 1 aliphatic heterocycles. The van der Waals surface area contributed by atoms with Crippen LogP contribution in [0.4, 0.5) is 16.2 Å². The average molecular weight is 380 g/mol. The van der Waals surface area contributed by atoms with Crippen molar-refractivity contribution in [2.45, 2.75) is 53.0 Å². The molecule has 3 rings (SSSR count). The second-order valence-electron chi connectivity index (χ2n) is 7.88. The number of hydrogen-bond acceptors (Lipinski definition) is 2. The number of carbonyl (C=O) groups excluding carboxylic acids is 2. The largest absolute Gasteiger partial charge is 0.324 e. The first-order chi connectivity index (χ1) is 13.3. The Kier molecular flexibility index (Phi) is 6.02. The lowest BCUT2D eigenvalue weighted by Gasteiger charge is -2.34. The summed E-state index contributed by atoms with van der Waals surface area (Å²) < 4.78 is 0. The van der Waals surface area contributed by atoms with E-state index in [1.54, 1.807) is 4.90 Å². The number of carbonyl (C=O) groups is 2. The first kappa shape index (κ1) is 19.9. The van der Waals surface area contributed by atoms with Gasteiger partial charge in [0.2, 0.25) is 5.91 Å². The van der Waals surface area contributed by atoms with Crippen LogP contribution in [0.15, 0.2) is 36.4 Å². The minimum atomic E-state index is -0.458. The number of hydrogen-bond donors (Lipinski definition) is 2. The molecule has 1 fully saturated rings. The van der Waals surface area contributed by atoms with Gasteiger partial charge in [0.25, 0.3) is 0 Å². The van der Waals surface area contributed by atoms with E-state index in [4.69, 9.17) is 0 Å². The van der Waals surface area contributed by atoms with E-state index in [1.165, 1.54) is 0 Å². The third kappa shape index (κ3) is 4.91. The molecule has 0 aromatic heterocycles. The number of nitrogens with one attached hydrogen (secondary N) is 2. The number of aryl methyl sites for hydroxylation is 4. The van der Waals surface area contributed by atoms with Crippen LogP contribution in [0.1, 0.15) is 41.5 Å². The highest BCUT2D eigenvalue weighted by molar-refractivity contribution is 5.99. The van der Waals surface area contributed by atoms with E-state index in [0.717, 1.165) is 46.5 Å². The van der Waals surface area contributed by atoms with Crippen molar-refractivity contribution in [2.75, 3.05) is 17.2 Å². The third-order valence-corrected chi connectivity index (χ3v) is 5.03. The van der Waals surface area contributed by atoms with Crippen LogP contribution in [0.3, 0.4) is 0 Å². The van der Waals surface area contributed by atoms with Gasteiger partial charge in [-0.1, -0.05) is 12.1 Å². The zero-order valence-corrected chi connectivity index (χ0v) is 17.1. The van der Waals surface area contributed by atoms with Crippen LogP contribution in [0, 0.1) is 27.7 Å². The number of urea groups is 1. The van der Waals surface area contributed by atoms with Crippen molar-refractivity contribution in [3.63, 3.8) is 0 Å². The molecular weight excluding hydrogens is 350 g/mol. The second kappa shape index (κ2) is 8.46. The zero-order valence-electron chi connectivity index (χ0n) is 17.1. The highest BCUT2D eigenvalue weighted by Gasteiger charge is 2.32. The molecule has 148 valence electrons. The van der Waals surface area contributed by atoms with Crippen LogP contribution in [0.5, 0.6) is 0 Å². The molecule has 1 aliphatic rings. The Morgan fingerprint density at radius 1 is 0.786 bits per heavy atom. The summed E-state index contributed by atoms with van der Waals surface area (Å²) in [6, 6.07) is 11.3. The van der Waals surface area contributed by atoms with Crippen molar-refractivity contribution >= 4 is 23.3 Å². The molecule has 0 bridgehead atoms. The number of anilines is 2. The molecule has 5 nitrogen and oxygen atoms in total. The summed E-state index contributed by atoms with van der Waals surface area (Å²) in [4.78, 5) is 27.5. The Morgan fingerprint density at radius 3 is 1.82 bits per heavy atom. The van der Waals surface area contributed by atoms with Crippen molar-refractivity contribution in [2.24, 2.45) is 0 Å². The fourth-order valence-electron chi connectivity index (χ4n) is 3.96. The fraction of sp³-hybridized carbons (Fsp3) is 0.391. The van der Waals surface area contributed by atoms with Crippen molar-refractivity contribution in [1.82, 2.24) is 4.90 Å². The van der Waals surface area contributed by atoms with E-state index in [0.29, 0.717) is 13.0 Å². The predicted octanol–water partition coefficient (Wildman–Crippen LogP) is 4.95. The Balaban J connectivity index is 1.73. The van der Waals surface area contributed by atoms with Crippen molar-refractivity contribution < 1.29 is 9.59 Å². The molecule has 5 heteroatoms. The molecule has 1 heterocycles. The van der Waals surface area contributed by atoms with Gasteiger partial charge in [0.05, 0.1) is 0 Å². The van der Waals surface area contributed by atoms with Gasteiger partial charge in [0, 0.05) is 17.9 Å². The minimum absolute atomic E-state index is 0.125. The molecule has 1 atom stereocenters. The molecule has 3 amide bonds. The van der Waals surface area contributed by atoms with E-state index in [1.807, 2.05) is 52.0 Å². The Morgan fingerprint density at radius 2 is 1.29 bits per heavy atom. The Hall–Kier alpha value is -2.82. The summed E-state index contributed by atoms with van der Waals surface area (Å²) in [5.41, 5.74) is 5.94. The zero-order chi connectivity index (χ0) is 20.3. The van der Waals surface area contributed by atoms with Gasteiger partial charge in [-0.05, 0) is 93.5 Å². The van der Waals surface area contributed by atoms with E-state index in [2.05, 4.69) is 22.8 Å². The quantitative estimate of drug-likeness (QED) is 0.793. The summed E-state index contributed by atoms with van der Waals surface area (Å²) in [5, 5.41) is 5.97. The average Bonchev–Trinajstić information content (AvgIpc) is 2.59. The highest BCUT2D eigenvalue weighted by atomic mass is 16.2. The Bertz CT molecular complexity index is 777. The molecule has 2 N–H and O–H groups in total. The number of amides is 3. The summed E-state index contributed by atoms with van der Waals surface area (Å²) in [7, 11) is 0. The van der Waals surface area contributed by atoms with Crippen LogP contribution in [0.25, 0.3) is 0 Å². The Labute approximate surface area is 167 Å². The van der Waals surface area contributed by atoms with E-state index < -0.39 is 6.04 Å². The number of rotatable bonds is 3. The van der Waals surface area contributed by atoms with Crippen LogP contribution >= 0.6 is 0 Å². The molecular formula is C23H29N3O2. The van der Waals surface area contributed by atoms with E-state index in [-0.39, 0.29) is 11.9 Å². The summed E-state index contributed by atoms with van der Waals surface area (Å²) >= 11 is 0. The molecule has 28 heavy (non-hydrogen) atoms. The maximum Gasteiger partial charge on any atom is 0.322 e. The normalized spacial score (nSPS) is 16.6. The lowest BCUT2D eigenvalue weighted by atomic mass is 10.0. The third-order valence-electron chi connectivity index (χ3n) is 5.03. The number of nitrogens with zero attached hydrogens (tertiary/aromatic N) is 1.